The molecule has 1 amide bonds. The first-order chi connectivity index (χ1) is 17.4. The van der Waals surface area contributed by atoms with Crippen LogP contribution in [0.15, 0.2) is 70.7 Å². The second-order valence-corrected chi connectivity index (χ2v) is 10.8. The first-order valence-corrected chi connectivity index (χ1v) is 14.1. The Morgan fingerprint density at radius 1 is 1.31 bits per heavy atom. The summed E-state index contributed by atoms with van der Waals surface area (Å²) in [7, 11) is 0.981. The molecule has 3 rings (SSSR count). The van der Waals surface area contributed by atoms with Crippen LogP contribution in [-0.4, -0.2) is 66.8 Å². The Balaban J connectivity index is 0.000000297. The van der Waals surface area contributed by atoms with Crippen molar-refractivity contribution in [3.8, 4) is 0 Å². The lowest BCUT2D eigenvalue weighted by Gasteiger charge is -2.32. The van der Waals surface area contributed by atoms with Crippen LogP contribution in [0.3, 0.4) is 0 Å². The number of nitrogens with one attached hydrogen (secondary N) is 2. The van der Waals surface area contributed by atoms with E-state index in [-0.39, 0.29) is 0 Å². The molecule has 8 heteroatoms. The van der Waals surface area contributed by atoms with Crippen LogP contribution in [0.1, 0.15) is 46.5 Å². The van der Waals surface area contributed by atoms with Gasteiger partial charge >= 0.3 is 0 Å². The molecule has 0 saturated carbocycles. The lowest BCUT2D eigenvalue weighted by Crippen LogP contribution is -2.31. The van der Waals surface area contributed by atoms with E-state index < -0.39 is 11.0 Å². The molecule has 0 radical (unpaired) electrons. The Labute approximate surface area is 220 Å². The number of carbonyl (C=O) groups is 1. The summed E-state index contributed by atoms with van der Waals surface area (Å²) >= 11 is 0. The fourth-order valence-electron chi connectivity index (χ4n) is 4.46. The standard InChI is InChI=1S/C18H31N3OS.C10H13NO2/c1-5-17-12-15(2)14-20(4)18(17)13-16(3)23(22)19-8-11-21-9-6-7-10-21;1-2-13-10-5-3-4-9(6-7-10)11-8-12/h5,13,15,19H,1,6-12,14H2,2-4H3;3,5-8H,2,4H2,1H3,(H,11,12)/b16-13+;. The third-order valence-corrected chi connectivity index (χ3v) is 7.43. The van der Waals surface area contributed by atoms with Gasteiger partial charge in [0.05, 0.1) is 6.61 Å². The van der Waals surface area contributed by atoms with Crippen molar-refractivity contribution in [2.75, 3.05) is 46.4 Å². The topological polar surface area (TPSA) is 73.9 Å². The van der Waals surface area contributed by atoms with Crippen molar-refractivity contribution < 1.29 is 13.7 Å². The minimum Gasteiger partial charge on any atom is -0.494 e. The Morgan fingerprint density at radius 3 is 2.72 bits per heavy atom. The van der Waals surface area contributed by atoms with Gasteiger partial charge in [-0.1, -0.05) is 25.7 Å². The van der Waals surface area contributed by atoms with Crippen molar-refractivity contribution in [1.82, 2.24) is 19.8 Å². The van der Waals surface area contributed by atoms with E-state index in [1.54, 1.807) is 0 Å². The quantitative estimate of drug-likeness (QED) is 0.404. The van der Waals surface area contributed by atoms with Crippen LogP contribution in [-0.2, 0) is 20.5 Å². The molecule has 0 aromatic carbocycles. The Bertz CT molecular complexity index is 914. The number of hydrogen-bond donors (Lipinski definition) is 2. The molecule has 1 saturated heterocycles. The van der Waals surface area contributed by atoms with Crippen molar-refractivity contribution in [3.05, 3.63) is 70.7 Å². The SMILES string of the molecule is C=CC1=C(/C=C(\C)S(=O)NCCN2CCCC2)N(C)CC(C)C1.CCOC1=CC=C(NC=O)CC=C1. The molecule has 0 aromatic heterocycles. The Morgan fingerprint density at radius 2 is 2.06 bits per heavy atom. The molecule has 2 aliphatic heterocycles. The predicted molar refractivity (Wildman–Crippen MR) is 150 cm³/mol. The summed E-state index contributed by atoms with van der Waals surface area (Å²) < 4.78 is 20.9. The second-order valence-electron chi connectivity index (χ2n) is 9.33. The molecule has 1 aliphatic carbocycles. The maximum Gasteiger partial charge on any atom is 0.211 e. The van der Waals surface area contributed by atoms with E-state index in [0.717, 1.165) is 54.5 Å². The summed E-state index contributed by atoms with van der Waals surface area (Å²) in [6.07, 6.45) is 16.6. The maximum absolute atomic E-state index is 12.4. The number of rotatable bonds is 11. The number of likely N-dealkylation sites (N-methyl/N-ethyl adjacent to an activating group) is 1. The first-order valence-electron chi connectivity index (χ1n) is 12.9. The van der Waals surface area contributed by atoms with Crippen LogP contribution in [0.4, 0.5) is 0 Å². The number of carbonyl (C=O) groups excluding carboxylic acids is 1. The molecule has 0 aromatic rings. The average molecular weight is 517 g/mol. The van der Waals surface area contributed by atoms with E-state index in [9.17, 15) is 9.00 Å². The third-order valence-electron chi connectivity index (χ3n) is 6.26. The highest BCUT2D eigenvalue weighted by molar-refractivity contribution is 7.87. The molecule has 2 N–H and O–H groups in total. The number of hydrogen-bond acceptors (Lipinski definition) is 5. The Kier molecular flexibility index (Phi) is 13.5. The third kappa shape index (κ3) is 10.3. The zero-order valence-corrected chi connectivity index (χ0v) is 23.2. The molecule has 2 atom stereocenters. The van der Waals surface area contributed by atoms with Crippen LogP contribution in [0.2, 0.25) is 0 Å². The van der Waals surface area contributed by atoms with Gasteiger partial charge in [-0.2, -0.15) is 0 Å². The molecule has 7 nitrogen and oxygen atoms in total. The molecule has 36 heavy (non-hydrogen) atoms. The zero-order chi connectivity index (χ0) is 26.3. The fourth-order valence-corrected chi connectivity index (χ4v) is 5.19. The van der Waals surface area contributed by atoms with Crippen LogP contribution < -0.4 is 10.0 Å². The van der Waals surface area contributed by atoms with Gasteiger partial charge < -0.3 is 19.9 Å². The monoisotopic (exact) mass is 516 g/mol. The molecule has 2 heterocycles. The van der Waals surface area contributed by atoms with Gasteiger partial charge in [-0.3, -0.25) is 4.79 Å². The van der Waals surface area contributed by atoms with E-state index in [1.807, 2.05) is 44.2 Å². The van der Waals surface area contributed by atoms with Gasteiger partial charge in [-0.25, -0.2) is 8.93 Å². The lowest BCUT2D eigenvalue weighted by molar-refractivity contribution is -0.108. The maximum atomic E-state index is 12.4. The van der Waals surface area contributed by atoms with Crippen molar-refractivity contribution in [2.45, 2.75) is 46.5 Å². The molecule has 1 fully saturated rings. The molecular weight excluding hydrogens is 472 g/mol. The van der Waals surface area contributed by atoms with Gasteiger partial charge in [0.1, 0.15) is 16.7 Å². The van der Waals surface area contributed by atoms with Crippen molar-refractivity contribution in [3.63, 3.8) is 0 Å². The summed E-state index contributed by atoms with van der Waals surface area (Å²) in [5.74, 6) is 1.46. The van der Waals surface area contributed by atoms with E-state index in [0.29, 0.717) is 18.9 Å². The minimum atomic E-state index is -1.12. The number of nitrogens with zero attached hydrogens (tertiary/aromatic N) is 2. The highest BCUT2D eigenvalue weighted by Gasteiger charge is 2.20. The first kappa shape index (κ1) is 29.8. The van der Waals surface area contributed by atoms with Gasteiger partial charge in [-0.15, -0.1) is 0 Å². The van der Waals surface area contributed by atoms with E-state index in [1.165, 1.54) is 31.5 Å². The van der Waals surface area contributed by atoms with Crippen LogP contribution in [0.5, 0.6) is 0 Å². The Hall–Kier alpha value is -2.42. The smallest absolute Gasteiger partial charge is 0.211 e. The van der Waals surface area contributed by atoms with E-state index in [2.05, 4.69) is 46.5 Å². The van der Waals surface area contributed by atoms with Crippen LogP contribution >= 0.6 is 0 Å². The minimum absolute atomic E-state index is 0.634. The molecular formula is C28H44N4O3S. The van der Waals surface area contributed by atoms with E-state index >= 15 is 0 Å². The highest BCUT2D eigenvalue weighted by atomic mass is 32.2. The highest BCUT2D eigenvalue weighted by Crippen LogP contribution is 2.27. The lowest BCUT2D eigenvalue weighted by atomic mass is 9.94. The normalized spacial score (nSPS) is 21.6. The van der Waals surface area contributed by atoms with Crippen molar-refractivity contribution in [1.29, 1.82) is 0 Å². The van der Waals surface area contributed by atoms with Crippen molar-refractivity contribution in [2.24, 2.45) is 5.92 Å². The van der Waals surface area contributed by atoms with Gasteiger partial charge in [0.2, 0.25) is 6.41 Å². The summed E-state index contributed by atoms with van der Waals surface area (Å²) in [6, 6.07) is 0. The number of ether oxygens (including phenoxy) is 1. The van der Waals surface area contributed by atoms with Gasteiger partial charge in [-0.05, 0) is 82.0 Å². The molecule has 0 spiro atoms. The molecule has 3 aliphatic rings. The van der Waals surface area contributed by atoms with Crippen molar-refractivity contribution >= 4 is 17.4 Å². The van der Waals surface area contributed by atoms with Gasteiger partial charge in [0.25, 0.3) is 0 Å². The van der Waals surface area contributed by atoms with Gasteiger partial charge in [0.15, 0.2) is 0 Å². The molecule has 0 bridgehead atoms. The predicted octanol–water partition coefficient (Wildman–Crippen LogP) is 4.15. The van der Waals surface area contributed by atoms with Crippen LogP contribution in [0.25, 0.3) is 0 Å². The fraction of sp³-hybridized carbons (Fsp3) is 0.536. The second kappa shape index (κ2) is 16.3. The zero-order valence-electron chi connectivity index (χ0n) is 22.4. The van der Waals surface area contributed by atoms with E-state index in [4.69, 9.17) is 4.74 Å². The summed E-state index contributed by atoms with van der Waals surface area (Å²) in [6.45, 7) is 15.9. The number of likely N-dealkylation sites (tertiary alicyclic amines) is 1. The van der Waals surface area contributed by atoms with Crippen LogP contribution in [0, 0.1) is 5.92 Å². The summed E-state index contributed by atoms with van der Waals surface area (Å²) in [5.41, 5.74) is 3.28. The summed E-state index contributed by atoms with van der Waals surface area (Å²) in [5, 5.41) is 2.62. The molecule has 200 valence electrons. The average Bonchev–Trinajstić information content (AvgIpc) is 3.28. The van der Waals surface area contributed by atoms with Gasteiger partial charge in [0, 0.05) is 49.4 Å². The molecule has 2 unspecified atom stereocenters. The largest absolute Gasteiger partial charge is 0.494 e. The number of allylic oxidation sites excluding steroid dienone is 8. The summed E-state index contributed by atoms with van der Waals surface area (Å²) in [4.78, 5) is 15.7. The number of amides is 1.